The highest BCUT2D eigenvalue weighted by atomic mass is 19.4. The maximum absolute atomic E-state index is 13.7. The van der Waals surface area contributed by atoms with E-state index in [1.807, 2.05) is 0 Å². The van der Waals surface area contributed by atoms with Crippen molar-refractivity contribution in [3.8, 4) is 5.75 Å². The van der Waals surface area contributed by atoms with Crippen LogP contribution in [0, 0.1) is 11.7 Å². The summed E-state index contributed by atoms with van der Waals surface area (Å²) in [5.74, 6) is -1.19. The lowest BCUT2D eigenvalue weighted by Gasteiger charge is -2.34. The van der Waals surface area contributed by atoms with Gasteiger partial charge in [-0.05, 0) is 31.5 Å². The van der Waals surface area contributed by atoms with Gasteiger partial charge in [-0.1, -0.05) is 0 Å². The summed E-state index contributed by atoms with van der Waals surface area (Å²) in [6.45, 7) is 1.12. The smallest absolute Gasteiger partial charge is 0.393 e. The fourth-order valence-corrected chi connectivity index (χ4v) is 3.08. The Labute approximate surface area is 125 Å². The average molecular weight is 319 g/mol. The number of piperidine rings is 1. The van der Waals surface area contributed by atoms with Crippen LogP contribution >= 0.6 is 0 Å². The van der Waals surface area contributed by atoms with Crippen LogP contribution in [0.1, 0.15) is 24.0 Å². The van der Waals surface area contributed by atoms with Gasteiger partial charge >= 0.3 is 6.18 Å². The minimum absolute atomic E-state index is 0.0503. The number of alkyl halides is 3. The zero-order valence-corrected chi connectivity index (χ0v) is 12.0. The summed E-state index contributed by atoms with van der Waals surface area (Å²) in [5, 5.41) is 0. The molecule has 0 amide bonds. The van der Waals surface area contributed by atoms with Crippen LogP contribution in [0.25, 0.3) is 0 Å². The second-order valence-corrected chi connectivity index (χ2v) is 5.78. The van der Waals surface area contributed by atoms with Gasteiger partial charge in [0.05, 0.1) is 12.5 Å². The van der Waals surface area contributed by atoms with E-state index in [0.717, 1.165) is 0 Å². The normalized spacial score (nSPS) is 23.0. The van der Waals surface area contributed by atoms with Crippen LogP contribution in [0.15, 0.2) is 12.1 Å². The minimum atomic E-state index is -4.18. The van der Waals surface area contributed by atoms with Crippen LogP contribution in [-0.4, -0.2) is 31.0 Å². The Bertz CT molecular complexity index is 547. The second-order valence-electron chi connectivity index (χ2n) is 5.78. The first kappa shape index (κ1) is 15.6. The molecule has 1 atom stereocenters. The van der Waals surface area contributed by atoms with E-state index in [1.54, 1.807) is 4.90 Å². The van der Waals surface area contributed by atoms with Crippen molar-refractivity contribution in [2.45, 2.75) is 32.2 Å². The highest BCUT2D eigenvalue weighted by Crippen LogP contribution is 2.35. The number of fused-ring (bicyclic) bond motifs is 1. The molecule has 2 aliphatic heterocycles. The van der Waals surface area contributed by atoms with Gasteiger partial charge in [0, 0.05) is 24.2 Å². The van der Waals surface area contributed by atoms with Gasteiger partial charge in [-0.15, -0.1) is 0 Å². The SMILES string of the molecule is Fc1cc2c(c(CN3CCC[C@H](C(F)(F)F)C3)c1)OCOC2. The van der Waals surface area contributed by atoms with E-state index in [0.29, 0.717) is 29.8 Å². The third kappa shape index (κ3) is 3.35. The standard InChI is InChI=1S/C15H17F4NO2/c16-13-4-10(14-11(5-13)8-21-9-22-14)6-20-3-1-2-12(7-20)15(17,18)19/h4-5,12H,1-3,6-9H2/t12-/m0/s1. The molecule has 2 aliphatic rings. The summed E-state index contributed by atoms with van der Waals surface area (Å²) in [5.41, 5.74) is 1.19. The molecule has 0 aromatic heterocycles. The Kier molecular flexibility index (Phi) is 4.27. The Morgan fingerprint density at radius 1 is 1.27 bits per heavy atom. The van der Waals surface area contributed by atoms with Crippen LogP contribution in [-0.2, 0) is 17.9 Å². The number of hydrogen-bond donors (Lipinski definition) is 0. The van der Waals surface area contributed by atoms with Crippen molar-refractivity contribution in [3.05, 3.63) is 29.1 Å². The first-order valence-electron chi connectivity index (χ1n) is 7.24. The van der Waals surface area contributed by atoms with E-state index in [1.165, 1.54) is 12.1 Å². The van der Waals surface area contributed by atoms with Crippen molar-refractivity contribution < 1.29 is 27.0 Å². The Hall–Kier alpha value is -1.34. The number of hydrogen-bond acceptors (Lipinski definition) is 3. The largest absolute Gasteiger partial charge is 0.467 e. The summed E-state index contributed by atoms with van der Waals surface area (Å²) in [7, 11) is 0. The minimum Gasteiger partial charge on any atom is -0.467 e. The van der Waals surface area contributed by atoms with Crippen molar-refractivity contribution in [3.63, 3.8) is 0 Å². The molecule has 0 spiro atoms. The van der Waals surface area contributed by atoms with Gasteiger partial charge in [0.15, 0.2) is 6.79 Å². The van der Waals surface area contributed by atoms with Crippen molar-refractivity contribution >= 4 is 0 Å². The Morgan fingerprint density at radius 3 is 2.86 bits per heavy atom. The lowest BCUT2D eigenvalue weighted by atomic mass is 9.96. The lowest BCUT2D eigenvalue weighted by Crippen LogP contribution is -2.41. The van der Waals surface area contributed by atoms with E-state index in [2.05, 4.69) is 0 Å². The molecule has 0 bridgehead atoms. The molecule has 0 aliphatic carbocycles. The molecule has 1 aromatic carbocycles. The van der Waals surface area contributed by atoms with Gasteiger partial charge in [-0.25, -0.2) is 4.39 Å². The van der Waals surface area contributed by atoms with E-state index < -0.39 is 17.9 Å². The quantitative estimate of drug-likeness (QED) is 0.779. The Balaban J connectivity index is 1.77. The summed E-state index contributed by atoms with van der Waals surface area (Å²) in [6.07, 6.45) is -3.53. The molecular weight excluding hydrogens is 302 g/mol. The molecule has 22 heavy (non-hydrogen) atoms. The molecule has 2 heterocycles. The maximum Gasteiger partial charge on any atom is 0.393 e. The highest BCUT2D eigenvalue weighted by Gasteiger charge is 2.41. The molecule has 1 saturated heterocycles. The molecule has 1 fully saturated rings. The molecule has 0 radical (unpaired) electrons. The van der Waals surface area contributed by atoms with Gasteiger partial charge in [0.25, 0.3) is 0 Å². The predicted molar refractivity (Wildman–Crippen MR) is 70.7 cm³/mol. The summed E-state index contributed by atoms with van der Waals surface area (Å²) < 4.78 is 62.8. The second kappa shape index (κ2) is 6.04. The van der Waals surface area contributed by atoms with Crippen molar-refractivity contribution in [1.29, 1.82) is 0 Å². The highest BCUT2D eigenvalue weighted by molar-refractivity contribution is 5.42. The molecule has 3 nitrogen and oxygen atoms in total. The average Bonchev–Trinajstić information content (AvgIpc) is 2.46. The van der Waals surface area contributed by atoms with Gasteiger partial charge < -0.3 is 9.47 Å². The maximum atomic E-state index is 13.7. The third-order valence-corrected chi connectivity index (χ3v) is 4.11. The molecule has 0 N–H and O–H groups in total. The number of rotatable bonds is 2. The number of ether oxygens (including phenoxy) is 2. The third-order valence-electron chi connectivity index (χ3n) is 4.11. The van der Waals surface area contributed by atoms with E-state index in [9.17, 15) is 17.6 Å². The Morgan fingerprint density at radius 2 is 2.09 bits per heavy atom. The van der Waals surface area contributed by atoms with E-state index in [4.69, 9.17) is 9.47 Å². The predicted octanol–water partition coefficient (Wildman–Crippen LogP) is 3.47. The number of halogens is 4. The van der Waals surface area contributed by atoms with E-state index in [-0.39, 0.29) is 32.9 Å². The monoisotopic (exact) mass is 319 g/mol. The molecule has 1 aromatic rings. The number of likely N-dealkylation sites (tertiary alicyclic amines) is 1. The number of benzene rings is 1. The van der Waals surface area contributed by atoms with Crippen molar-refractivity contribution in [2.24, 2.45) is 5.92 Å². The zero-order valence-electron chi connectivity index (χ0n) is 12.0. The van der Waals surface area contributed by atoms with Crippen LogP contribution in [0.5, 0.6) is 5.75 Å². The molecule has 0 saturated carbocycles. The van der Waals surface area contributed by atoms with Crippen molar-refractivity contribution in [1.82, 2.24) is 4.90 Å². The molecule has 3 rings (SSSR count). The van der Waals surface area contributed by atoms with Crippen molar-refractivity contribution in [2.75, 3.05) is 19.9 Å². The van der Waals surface area contributed by atoms with Crippen LogP contribution in [0.4, 0.5) is 17.6 Å². The molecule has 122 valence electrons. The fraction of sp³-hybridized carbons (Fsp3) is 0.600. The molecule has 0 unspecified atom stereocenters. The fourth-order valence-electron chi connectivity index (χ4n) is 3.08. The van der Waals surface area contributed by atoms with Gasteiger partial charge in [0.1, 0.15) is 11.6 Å². The first-order valence-corrected chi connectivity index (χ1v) is 7.24. The van der Waals surface area contributed by atoms with Gasteiger partial charge in [0.2, 0.25) is 0 Å². The number of nitrogens with zero attached hydrogens (tertiary/aromatic N) is 1. The molecular formula is C15H17F4NO2. The topological polar surface area (TPSA) is 21.7 Å². The van der Waals surface area contributed by atoms with Crippen LogP contribution < -0.4 is 4.74 Å². The summed E-state index contributed by atoms with van der Waals surface area (Å²) in [6, 6.07) is 2.67. The summed E-state index contributed by atoms with van der Waals surface area (Å²) >= 11 is 0. The molecule has 7 heteroatoms. The van der Waals surface area contributed by atoms with E-state index >= 15 is 0 Å². The zero-order chi connectivity index (χ0) is 15.7. The first-order chi connectivity index (χ1) is 10.4. The van der Waals surface area contributed by atoms with Crippen LogP contribution in [0.3, 0.4) is 0 Å². The lowest BCUT2D eigenvalue weighted by molar-refractivity contribution is -0.187. The summed E-state index contributed by atoms with van der Waals surface area (Å²) in [4.78, 5) is 1.72. The van der Waals surface area contributed by atoms with Gasteiger partial charge in [-0.2, -0.15) is 13.2 Å². The van der Waals surface area contributed by atoms with Gasteiger partial charge in [-0.3, -0.25) is 4.90 Å². The van der Waals surface area contributed by atoms with Crippen LogP contribution in [0.2, 0.25) is 0 Å².